The molecule has 0 aliphatic rings. The number of hydrogen-bond acceptors (Lipinski definition) is 2. The fraction of sp³-hybridized carbons (Fsp3) is 0.286. The maximum atomic E-state index is 6.07. The zero-order valence-electron chi connectivity index (χ0n) is 10.6. The van der Waals surface area contributed by atoms with Gasteiger partial charge < -0.3 is 5.32 Å². The molecule has 0 saturated heterocycles. The quantitative estimate of drug-likeness (QED) is 0.843. The summed E-state index contributed by atoms with van der Waals surface area (Å²) in [6, 6.07) is 8.02. The summed E-state index contributed by atoms with van der Waals surface area (Å²) < 4.78 is 0. The largest absolute Gasteiger partial charge is 0.309 e. The average Bonchev–Trinajstić information content (AvgIpc) is 2.58. The van der Waals surface area contributed by atoms with E-state index in [2.05, 4.69) is 25.2 Å². The van der Waals surface area contributed by atoms with Crippen molar-refractivity contribution < 1.29 is 0 Å². The summed E-state index contributed by atoms with van der Waals surface area (Å²) in [6.45, 7) is 4.27. The van der Waals surface area contributed by atoms with E-state index in [0.29, 0.717) is 10.0 Å². The summed E-state index contributed by atoms with van der Waals surface area (Å²) in [5, 5.41) is 4.67. The molecule has 0 saturated carbocycles. The van der Waals surface area contributed by atoms with Crippen molar-refractivity contribution in [3.05, 3.63) is 55.2 Å². The maximum Gasteiger partial charge on any atom is 0.0586 e. The number of aryl methyl sites for hydroxylation is 2. The van der Waals surface area contributed by atoms with Gasteiger partial charge in [-0.15, -0.1) is 11.3 Å². The topological polar surface area (TPSA) is 12.0 Å². The van der Waals surface area contributed by atoms with Crippen molar-refractivity contribution in [3.63, 3.8) is 0 Å². The predicted octanol–water partition coefficient (Wildman–Crippen LogP) is 4.98. The highest BCUT2D eigenvalue weighted by molar-refractivity contribution is 7.12. The first kappa shape index (κ1) is 13.9. The molecule has 1 atom stereocenters. The molecule has 0 fully saturated rings. The predicted molar refractivity (Wildman–Crippen MR) is 81.2 cm³/mol. The molecular formula is C14H15Cl2NS. The van der Waals surface area contributed by atoms with Gasteiger partial charge in [0, 0.05) is 19.8 Å². The van der Waals surface area contributed by atoms with Gasteiger partial charge in [0.05, 0.1) is 6.04 Å². The van der Waals surface area contributed by atoms with Crippen molar-refractivity contribution in [1.29, 1.82) is 0 Å². The van der Waals surface area contributed by atoms with Crippen LogP contribution >= 0.6 is 34.5 Å². The number of nitrogens with one attached hydrogen (secondary N) is 1. The Bertz CT molecular complexity index is 543. The van der Waals surface area contributed by atoms with Crippen molar-refractivity contribution in [2.45, 2.75) is 19.9 Å². The van der Waals surface area contributed by atoms with E-state index >= 15 is 0 Å². The minimum atomic E-state index is 0.131. The smallest absolute Gasteiger partial charge is 0.0586 e. The molecule has 96 valence electrons. The third-order valence-corrected chi connectivity index (χ3v) is 4.32. The van der Waals surface area contributed by atoms with Gasteiger partial charge in [0.25, 0.3) is 0 Å². The van der Waals surface area contributed by atoms with Crippen LogP contribution in [0, 0.1) is 13.8 Å². The first-order chi connectivity index (χ1) is 8.51. The van der Waals surface area contributed by atoms with Crippen LogP contribution in [-0.4, -0.2) is 7.05 Å². The lowest BCUT2D eigenvalue weighted by Crippen LogP contribution is -2.17. The van der Waals surface area contributed by atoms with Crippen LogP contribution < -0.4 is 5.32 Å². The van der Waals surface area contributed by atoms with Gasteiger partial charge in [-0.2, -0.15) is 0 Å². The lowest BCUT2D eigenvalue weighted by atomic mass is 9.99. The van der Waals surface area contributed by atoms with E-state index < -0.39 is 0 Å². The molecule has 1 heterocycles. The second kappa shape index (κ2) is 5.62. The molecule has 0 aliphatic carbocycles. The zero-order chi connectivity index (χ0) is 13.3. The Balaban J connectivity index is 2.48. The molecule has 1 unspecified atom stereocenters. The molecule has 0 amide bonds. The Morgan fingerprint density at radius 2 is 1.67 bits per heavy atom. The Labute approximate surface area is 122 Å². The van der Waals surface area contributed by atoms with Crippen LogP contribution in [-0.2, 0) is 0 Å². The van der Waals surface area contributed by atoms with Gasteiger partial charge in [-0.1, -0.05) is 23.2 Å². The van der Waals surface area contributed by atoms with Gasteiger partial charge in [0.15, 0.2) is 0 Å². The molecule has 1 aromatic heterocycles. The second-order valence-corrected chi connectivity index (χ2v) is 6.63. The highest BCUT2D eigenvalue weighted by Gasteiger charge is 2.17. The normalized spacial score (nSPS) is 12.7. The number of rotatable bonds is 3. The third kappa shape index (κ3) is 2.89. The Morgan fingerprint density at radius 1 is 1.06 bits per heavy atom. The molecule has 0 spiro atoms. The van der Waals surface area contributed by atoms with E-state index in [1.165, 1.54) is 15.3 Å². The number of thiophene rings is 1. The maximum absolute atomic E-state index is 6.07. The molecule has 0 radical (unpaired) electrons. The zero-order valence-corrected chi connectivity index (χ0v) is 12.9. The molecule has 4 heteroatoms. The molecule has 1 aromatic carbocycles. The van der Waals surface area contributed by atoms with Crippen molar-refractivity contribution >= 4 is 34.5 Å². The third-order valence-electron chi connectivity index (χ3n) is 2.90. The van der Waals surface area contributed by atoms with Gasteiger partial charge in [0.1, 0.15) is 0 Å². The standard InChI is InChI=1S/C14H15Cl2NS/c1-8-4-13(9(2)18-8)14(17-3)10-5-11(15)7-12(16)6-10/h4-7,14,17H,1-3H3. The Kier molecular flexibility index (Phi) is 4.33. The number of benzene rings is 1. The summed E-state index contributed by atoms with van der Waals surface area (Å²) >= 11 is 14.0. The van der Waals surface area contributed by atoms with Crippen LogP contribution in [0.1, 0.15) is 26.9 Å². The van der Waals surface area contributed by atoms with Gasteiger partial charge in [-0.05, 0) is 56.3 Å². The molecular weight excluding hydrogens is 285 g/mol. The molecule has 2 aromatic rings. The van der Waals surface area contributed by atoms with Crippen molar-refractivity contribution in [3.8, 4) is 0 Å². The van der Waals surface area contributed by atoms with E-state index in [9.17, 15) is 0 Å². The van der Waals surface area contributed by atoms with Crippen molar-refractivity contribution in [2.24, 2.45) is 0 Å². The monoisotopic (exact) mass is 299 g/mol. The number of halogens is 2. The van der Waals surface area contributed by atoms with Gasteiger partial charge in [-0.25, -0.2) is 0 Å². The van der Waals surface area contributed by atoms with E-state index in [4.69, 9.17) is 23.2 Å². The van der Waals surface area contributed by atoms with E-state index in [1.54, 1.807) is 6.07 Å². The lowest BCUT2D eigenvalue weighted by Gasteiger charge is -2.17. The first-order valence-corrected chi connectivity index (χ1v) is 7.28. The SMILES string of the molecule is CNC(c1cc(Cl)cc(Cl)c1)c1cc(C)sc1C. The highest BCUT2D eigenvalue weighted by Crippen LogP contribution is 2.32. The molecule has 0 bridgehead atoms. The summed E-state index contributed by atoms with van der Waals surface area (Å²) in [5.41, 5.74) is 2.38. The van der Waals surface area contributed by atoms with Crippen LogP contribution in [0.4, 0.5) is 0 Å². The molecule has 0 aliphatic heterocycles. The second-order valence-electron chi connectivity index (χ2n) is 4.29. The Morgan fingerprint density at radius 3 is 2.11 bits per heavy atom. The van der Waals surface area contributed by atoms with Crippen LogP contribution in [0.3, 0.4) is 0 Å². The minimum absolute atomic E-state index is 0.131. The van der Waals surface area contributed by atoms with E-state index in [0.717, 1.165) is 5.56 Å². The fourth-order valence-corrected chi connectivity index (χ4v) is 3.69. The van der Waals surface area contributed by atoms with E-state index in [1.807, 2.05) is 30.5 Å². The first-order valence-electron chi connectivity index (χ1n) is 5.71. The summed E-state index contributed by atoms with van der Waals surface area (Å²) in [7, 11) is 1.95. The van der Waals surface area contributed by atoms with Crippen LogP contribution in [0.25, 0.3) is 0 Å². The average molecular weight is 300 g/mol. The lowest BCUT2D eigenvalue weighted by molar-refractivity contribution is 0.691. The summed E-state index contributed by atoms with van der Waals surface area (Å²) in [6.07, 6.45) is 0. The minimum Gasteiger partial charge on any atom is -0.309 e. The molecule has 18 heavy (non-hydrogen) atoms. The van der Waals surface area contributed by atoms with Gasteiger partial charge in [-0.3, -0.25) is 0 Å². The van der Waals surface area contributed by atoms with Crippen molar-refractivity contribution in [2.75, 3.05) is 7.05 Å². The Hall–Kier alpha value is -0.540. The molecule has 2 rings (SSSR count). The van der Waals surface area contributed by atoms with Gasteiger partial charge in [0.2, 0.25) is 0 Å². The summed E-state index contributed by atoms with van der Waals surface area (Å²) in [4.78, 5) is 2.64. The van der Waals surface area contributed by atoms with Gasteiger partial charge >= 0.3 is 0 Å². The van der Waals surface area contributed by atoms with Crippen LogP contribution in [0.2, 0.25) is 10.0 Å². The number of hydrogen-bond donors (Lipinski definition) is 1. The van der Waals surface area contributed by atoms with E-state index in [-0.39, 0.29) is 6.04 Å². The van der Waals surface area contributed by atoms with Crippen LogP contribution in [0.15, 0.2) is 24.3 Å². The molecule has 1 nitrogen and oxygen atoms in total. The fourth-order valence-electron chi connectivity index (χ4n) is 2.18. The van der Waals surface area contributed by atoms with Crippen LogP contribution in [0.5, 0.6) is 0 Å². The highest BCUT2D eigenvalue weighted by atomic mass is 35.5. The summed E-state index contributed by atoms with van der Waals surface area (Å²) in [5.74, 6) is 0. The molecule has 1 N–H and O–H groups in total. The van der Waals surface area contributed by atoms with Crippen molar-refractivity contribution in [1.82, 2.24) is 5.32 Å².